The molecule has 0 aromatic heterocycles. The van der Waals surface area contributed by atoms with Crippen molar-refractivity contribution in [2.75, 3.05) is 26.3 Å². The number of rotatable bonds is 6. The fraction of sp³-hybridized carbons (Fsp3) is 0.429. The van der Waals surface area contributed by atoms with Crippen LogP contribution in [0.3, 0.4) is 0 Å². The van der Waals surface area contributed by atoms with Gasteiger partial charge in [0.05, 0.1) is 18.1 Å². The Bertz CT molecular complexity index is 863. The number of aryl methyl sites for hydroxylation is 3. The van der Waals surface area contributed by atoms with E-state index >= 15 is 0 Å². The zero-order valence-corrected chi connectivity index (χ0v) is 17.1. The van der Waals surface area contributed by atoms with Crippen molar-refractivity contribution >= 4 is 10.0 Å². The average molecular weight is 389 g/mol. The Morgan fingerprint density at radius 3 is 2.15 bits per heavy atom. The van der Waals surface area contributed by atoms with Gasteiger partial charge in [0.2, 0.25) is 10.0 Å². The number of sulfonamides is 1. The number of nitrogens with one attached hydrogen (secondary N) is 1. The normalized spacial score (nSPS) is 15.8. The third kappa shape index (κ3) is 4.76. The molecular weight excluding hydrogens is 360 g/mol. The first kappa shape index (κ1) is 20.0. The van der Waals surface area contributed by atoms with Crippen LogP contribution in [-0.4, -0.2) is 39.0 Å². The molecule has 1 aliphatic heterocycles. The van der Waals surface area contributed by atoms with E-state index in [1.807, 2.05) is 12.1 Å². The third-order valence-electron chi connectivity index (χ3n) is 5.00. The van der Waals surface area contributed by atoms with Gasteiger partial charge in [-0.2, -0.15) is 4.31 Å². The number of hydrogen-bond acceptors (Lipinski definition) is 4. The highest BCUT2D eigenvalue weighted by Crippen LogP contribution is 2.19. The fourth-order valence-electron chi connectivity index (χ4n) is 3.54. The Hall–Kier alpha value is -1.73. The first-order valence-corrected chi connectivity index (χ1v) is 10.8. The predicted molar refractivity (Wildman–Crippen MR) is 107 cm³/mol. The maximum absolute atomic E-state index is 12.7. The van der Waals surface area contributed by atoms with E-state index < -0.39 is 10.0 Å². The van der Waals surface area contributed by atoms with E-state index in [2.05, 4.69) is 38.2 Å². The lowest BCUT2D eigenvalue weighted by Crippen LogP contribution is -2.40. The monoisotopic (exact) mass is 388 g/mol. The zero-order chi connectivity index (χ0) is 19.4. The molecule has 0 spiro atoms. The van der Waals surface area contributed by atoms with Gasteiger partial charge in [-0.1, -0.05) is 29.8 Å². The summed E-state index contributed by atoms with van der Waals surface area (Å²) in [4.78, 5) is 0.346. The molecule has 5 nitrogen and oxygen atoms in total. The molecule has 1 N–H and O–H groups in total. The smallest absolute Gasteiger partial charge is 0.243 e. The molecule has 1 saturated heterocycles. The number of hydrogen-bond donors (Lipinski definition) is 1. The first-order chi connectivity index (χ1) is 12.9. The van der Waals surface area contributed by atoms with Crippen LogP contribution in [0.5, 0.6) is 0 Å². The van der Waals surface area contributed by atoms with E-state index in [-0.39, 0.29) is 0 Å². The lowest BCUT2D eigenvalue weighted by atomic mass is 10.00. The average Bonchev–Trinajstić information content (AvgIpc) is 2.65. The van der Waals surface area contributed by atoms with Crippen LogP contribution in [0.4, 0.5) is 0 Å². The van der Waals surface area contributed by atoms with Gasteiger partial charge in [0.1, 0.15) is 0 Å². The van der Waals surface area contributed by atoms with Crippen molar-refractivity contribution in [2.24, 2.45) is 0 Å². The standard InChI is InChI=1S/C21H28N2O3S/c1-16-12-17(2)21(18(3)13-16)15-22-14-19-4-6-20(7-5-19)27(24,25)23-8-10-26-11-9-23/h4-7,12-13,22H,8-11,14-15H2,1-3H3. The maximum Gasteiger partial charge on any atom is 0.243 e. The van der Waals surface area contributed by atoms with Crippen molar-refractivity contribution in [3.63, 3.8) is 0 Å². The summed E-state index contributed by atoms with van der Waals surface area (Å²) in [6.07, 6.45) is 0. The van der Waals surface area contributed by atoms with Crippen molar-refractivity contribution in [3.8, 4) is 0 Å². The van der Waals surface area contributed by atoms with E-state index in [0.717, 1.165) is 12.1 Å². The molecule has 0 unspecified atom stereocenters. The largest absolute Gasteiger partial charge is 0.379 e. The van der Waals surface area contributed by atoms with Crippen LogP contribution < -0.4 is 5.32 Å². The molecule has 0 radical (unpaired) electrons. The van der Waals surface area contributed by atoms with Gasteiger partial charge in [0.15, 0.2) is 0 Å². The molecule has 0 atom stereocenters. The number of morpholine rings is 1. The van der Waals surface area contributed by atoms with E-state index in [1.165, 1.54) is 26.6 Å². The molecule has 0 bridgehead atoms. The summed E-state index contributed by atoms with van der Waals surface area (Å²) < 4.78 is 32.0. The molecule has 2 aromatic rings. The third-order valence-corrected chi connectivity index (χ3v) is 6.92. The van der Waals surface area contributed by atoms with Crippen molar-refractivity contribution in [1.29, 1.82) is 0 Å². The molecule has 3 rings (SSSR count). The molecule has 1 aliphatic rings. The topological polar surface area (TPSA) is 58.6 Å². The summed E-state index contributed by atoms with van der Waals surface area (Å²) in [7, 11) is -3.42. The van der Waals surface area contributed by atoms with Crippen LogP contribution in [0.15, 0.2) is 41.3 Å². The van der Waals surface area contributed by atoms with Gasteiger partial charge >= 0.3 is 0 Å². The fourth-order valence-corrected chi connectivity index (χ4v) is 4.94. The molecule has 6 heteroatoms. The van der Waals surface area contributed by atoms with E-state index in [0.29, 0.717) is 37.7 Å². The van der Waals surface area contributed by atoms with Gasteiger partial charge in [-0.3, -0.25) is 0 Å². The summed E-state index contributed by atoms with van der Waals surface area (Å²) >= 11 is 0. The van der Waals surface area contributed by atoms with Gasteiger partial charge in [-0.25, -0.2) is 8.42 Å². The van der Waals surface area contributed by atoms with Crippen LogP contribution in [0, 0.1) is 20.8 Å². The molecule has 2 aromatic carbocycles. The number of nitrogens with zero attached hydrogens (tertiary/aromatic N) is 1. The number of ether oxygens (including phenoxy) is 1. The zero-order valence-electron chi connectivity index (χ0n) is 16.3. The summed E-state index contributed by atoms with van der Waals surface area (Å²) in [5.41, 5.74) is 6.27. The van der Waals surface area contributed by atoms with Crippen LogP contribution in [0.25, 0.3) is 0 Å². The first-order valence-electron chi connectivity index (χ1n) is 9.32. The number of benzene rings is 2. The van der Waals surface area contributed by atoms with Gasteiger partial charge in [-0.05, 0) is 55.2 Å². The summed E-state index contributed by atoms with van der Waals surface area (Å²) in [5.74, 6) is 0. The molecule has 1 heterocycles. The van der Waals surface area contributed by atoms with Gasteiger partial charge in [0.25, 0.3) is 0 Å². The molecule has 146 valence electrons. The van der Waals surface area contributed by atoms with Gasteiger partial charge < -0.3 is 10.1 Å². The lowest BCUT2D eigenvalue weighted by Gasteiger charge is -2.26. The molecule has 0 amide bonds. The highest BCUT2D eigenvalue weighted by molar-refractivity contribution is 7.89. The van der Waals surface area contributed by atoms with Crippen molar-refractivity contribution in [1.82, 2.24) is 9.62 Å². The van der Waals surface area contributed by atoms with Crippen molar-refractivity contribution in [3.05, 3.63) is 64.2 Å². The van der Waals surface area contributed by atoms with Crippen LogP contribution in [-0.2, 0) is 27.8 Å². The molecule has 1 fully saturated rings. The van der Waals surface area contributed by atoms with Crippen LogP contribution in [0.1, 0.15) is 27.8 Å². The Balaban J connectivity index is 1.61. The molecular formula is C21H28N2O3S. The molecule has 0 saturated carbocycles. The van der Waals surface area contributed by atoms with E-state index in [1.54, 1.807) is 12.1 Å². The minimum Gasteiger partial charge on any atom is -0.379 e. The Labute approximate surface area is 162 Å². The summed E-state index contributed by atoms with van der Waals surface area (Å²) in [6, 6.07) is 11.6. The minimum absolute atomic E-state index is 0.346. The van der Waals surface area contributed by atoms with Crippen molar-refractivity contribution < 1.29 is 13.2 Å². The second-order valence-electron chi connectivity index (χ2n) is 7.14. The van der Waals surface area contributed by atoms with Gasteiger partial charge in [-0.15, -0.1) is 0 Å². The maximum atomic E-state index is 12.7. The van der Waals surface area contributed by atoms with Crippen LogP contribution in [0.2, 0.25) is 0 Å². The highest BCUT2D eigenvalue weighted by atomic mass is 32.2. The summed E-state index contributed by atoms with van der Waals surface area (Å²) in [6.45, 7) is 9.64. The molecule has 0 aliphatic carbocycles. The van der Waals surface area contributed by atoms with Crippen LogP contribution >= 0.6 is 0 Å². The molecule has 27 heavy (non-hydrogen) atoms. The van der Waals surface area contributed by atoms with Gasteiger partial charge in [0, 0.05) is 26.2 Å². The predicted octanol–water partition coefficient (Wildman–Crippen LogP) is 2.92. The second kappa shape index (κ2) is 8.52. The lowest BCUT2D eigenvalue weighted by molar-refractivity contribution is 0.0730. The second-order valence-corrected chi connectivity index (χ2v) is 9.08. The Morgan fingerprint density at radius 1 is 0.963 bits per heavy atom. The highest BCUT2D eigenvalue weighted by Gasteiger charge is 2.25. The quantitative estimate of drug-likeness (QED) is 0.827. The SMILES string of the molecule is Cc1cc(C)c(CNCc2ccc(S(=O)(=O)N3CCOCC3)cc2)c(C)c1. The Morgan fingerprint density at radius 2 is 1.56 bits per heavy atom. The minimum atomic E-state index is -3.42. The van der Waals surface area contributed by atoms with E-state index in [9.17, 15) is 8.42 Å². The summed E-state index contributed by atoms with van der Waals surface area (Å²) in [5, 5.41) is 3.46. The Kier molecular flexibility index (Phi) is 6.32. The van der Waals surface area contributed by atoms with Crippen molar-refractivity contribution in [2.45, 2.75) is 38.8 Å². The van der Waals surface area contributed by atoms with E-state index in [4.69, 9.17) is 4.74 Å².